The maximum Gasteiger partial charge on any atom is 0.258 e. The van der Waals surface area contributed by atoms with Crippen LogP contribution in [0.4, 0.5) is 0 Å². The number of aromatic nitrogens is 2. The van der Waals surface area contributed by atoms with E-state index in [0.717, 1.165) is 25.9 Å². The molecule has 2 N–H and O–H groups in total. The first kappa shape index (κ1) is 16.6. The molecule has 6 heteroatoms. The lowest BCUT2D eigenvalue weighted by Gasteiger charge is -2.24. The molecule has 24 heavy (non-hydrogen) atoms. The zero-order valence-electron chi connectivity index (χ0n) is 14.0. The first-order valence-electron chi connectivity index (χ1n) is 8.61. The molecule has 1 fully saturated rings. The Hall–Kier alpha value is -2.21. The molecule has 0 aliphatic carbocycles. The van der Waals surface area contributed by atoms with Crippen molar-refractivity contribution >= 4 is 16.8 Å². The largest absolute Gasteiger partial charge is 0.338 e. The van der Waals surface area contributed by atoms with E-state index in [0.29, 0.717) is 42.0 Å². The van der Waals surface area contributed by atoms with Crippen molar-refractivity contribution in [3.63, 3.8) is 0 Å². The first-order chi connectivity index (χ1) is 11.7. The molecule has 2 heterocycles. The van der Waals surface area contributed by atoms with Crippen molar-refractivity contribution in [1.29, 1.82) is 0 Å². The third-order valence-corrected chi connectivity index (χ3v) is 4.60. The van der Waals surface area contributed by atoms with Crippen molar-refractivity contribution in [3.05, 3.63) is 40.4 Å². The maximum atomic E-state index is 12.4. The highest BCUT2D eigenvalue weighted by Gasteiger charge is 2.27. The second kappa shape index (κ2) is 7.57. The van der Waals surface area contributed by atoms with Crippen LogP contribution in [0.1, 0.15) is 31.5 Å². The average molecular weight is 328 g/mol. The highest BCUT2D eigenvalue weighted by molar-refractivity contribution is 5.77. The summed E-state index contributed by atoms with van der Waals surface area (Å²) in [5.74, 6) is 0.857. The number of carbonyl (C=O) groups excluding carboxylic acids is 1. The molecule has 1 atom stereocenters. The Labute approximate surface area is 141 Å². The van der Waals surface area contributed by atoms with Crippen LogP contribution >= 0.6 is 0 Å². The average Bonchev–Trinajstić information content (AvgIpc) is 3.04. The van der Waals surface area contributed by atoms with Gasteiger partial charge >= 0.3 is 0 Å². The molecule has 1 unspecified atom stereocenters. The Morgan fingerprint density at radius 3 is 3.08 bits per heavy atom. The second-order valence-corrected chi connectivity index (χ2v) is 6.32. The molecule has 1 amide bonds. The Morgan fingerprint density at radius 2 is 2.25 bits per heavy atom. The zero-order chi connectivity index (χ0) is 16.9. The van der Waals surface area contributed by atoms with Crippen LogP contribution in [0, 0.1) is 0 Å². The van der Waals surface area contributed by atoms with E-state index in [1.807, 2.05) is 30.1 Å². The van der Waals surface area contributed by atoms with Crippen LogP contribution in [0.15, 0.2) is 29.1 Å². The summed E-state index contributed by atoms with van der Waals surface area (Å²) in [6.07, 6.45) is 3.96. The third kappa shape index (κ3) is 3.64. The number of aromatic amines is 1. The summed E-state index contributed by atoms with van der Waals surface area (Å²) in [5.41, 5.74) is 0.590. The van der Waals surface area contributed by atoms with Crippen LogP contribution in [0.5, 0.6) is 0 Å². The topological polar surface area (TPSA) is 78.1 Å². The normalized spacial score (nSPS) is 17.5. The molecule has 0 bridgehead atoms. The number of likely N-dealkylation sites (N-methyl/N-ethyl adjacent to an activating group) is 1. The quantitative estimate of drug-likeness (QED) is 0.841. The van der Waals surface area contributed by atoms with Crippen molar-refractivity contribution in [1.82, 2.24) is 20.2 Å². The van der Waals surface area contributed by atoms with Gasteiger partial charge in [0.2, 0.25) is 5.91 Å². The molecule has 1 aromatic carbocycles. The van der Waals surface area contributed by atoms with Gasteiger partial charge < -0.3 is 15.2 Å². The van der Waals surface area contributed by atoms with Crippen LogP contribution in [-0.4, -0.2) is 47.0 Å². The van der Waals surface area contributed by atoms with E-state index in [-0.39, 0.29) is 11.5 Å². The number of nitrogens with zero attached hydrogens (tertiary/aromatic N) is 2. The van der Waals surface area contributed by atoms with Crippen molar-refractivity contribution in [2.24, 2.45) is 0 Å². The van der Waals surface area contributed by atoms with E-state index < -0.39 is 0 Å². The van der Waals surface area contributed by atoms with Gasteiger partial charge in [-0.15, -0.1) is 0 Å². The minimum Gasteiger partial charge on any atom is -0.338 e. The van der Waals surface area contributed by atoms with Gasteiger partial charge in [0.25, 0.3) is 5.56 Å². The molecule has 1 aliphatic heterocycles. The SMILES string of the molecule is CNCC1CCCN1C(=O)CCCc1nc2ccccc2c(=O)[nH]1. The van der Waals surface area contributed by atoms with Crippen molar-refractivity contribution in [2.75, 3.05) is 20.1 Å². The summed E-state index contributed by atoms with van der Waals surface area (Å²) >= 11 is 0. The molecule has 0 spiro atoms. The number of nitrogens with one attached hydrogen (secondary N) is 2. The van der Waals surface area contributed by atoms with Gasteiger partial charge in [-0.25, -0.2) is 4.98 Å². The van der Waals surface area contributed by atoms with E-state index in [1.165, 1.54) is 0 Å². The number of rotatable bonds is 6. The number of fused-ring (bicyclic) bond motifs is 1. The number of aryl methyl sites for hydroxylation is 1. The Kier molecular flexibility index (Phi) is 5.25. The molecule has 1 saturated heterocycles. The Morgan fingerprint density at radius 1 is 1.42 bits per heavy atom. The predicted molar refractivity (Wildman–Crippen MR) is 94.0 cm³/mol. The summed E-state index contributed by atoms with van der Waals surface area (Å²) in [6.45, 7) is 1.71. The van der Waals surface area contributed by atoms with Gasteiger partial charge in [0.05, 0.1) is 10.9 Å². The maximum absolute atomic E-state index is 12.4. The van der Waals surface area contributed by atoms with Gasteiger partial charge in [0.15, 0.2) is 0 Å². The van der Waals surface area contributed by atoms with Gasteiger partial charge in [-0.2, -0.15) is 0 Å². The molecule has 0 radical (unpaired) electrons. The van der Waals surface area contributed by atoms with E-state index in [2.05, 4.69) is 15.3 Å². The number of hydrogen-bond acceptors (Lipinski definition) is 4. The summed E-state index contributed by atoms with van der Waals surface area (Å²) in [7, 11) is 1.92. The van der Waals surface area contributed by atoms with E-state index in [4.69, 9.17) is 0 Å². The zero-order valence-corrected chi connectivity index (χ0v) is 14.0. The van der Waals surface area contributed by atoms with Crippen LogP contribution in [0.2, 0.25) is 0 Å². The van der Waals surface area contributed by atoms with Crippen LogP contribution in [-0.2, 0) is 11.2 Å². The highest BCUT2D eigenvalue weighted by Crippen LogP contribution is 2.18. The third-order valence-electron chi connectivity index (χ3n) is 4.60. The first-order valence-corrected chi connectivity index (χ1v) is 8.61. The van der Waals surface area contributed by atoms with Crippen molar-refractivity contribution in [2.45, 2.75) is 38.1 Å². The number of amides is 1. The van der Waals surface area contributed by atoms with Crippen molar-refractivity contribution < 1.29 is 4.79 Å². The molecular weight excluding hydrogens is 304 g/mol. The predicted octanol–water partition coefficient (Wildman–Crippen LogP) is 1.46. The lowest BCUT2D eigenvalue weighted by molar-refractivity contribution is -0.132. The number of para-hydroxylation sites is 1. The molecule has 128 valence electrons. The van der Waals surface area contributed by atoms with E-state index >= 15 is 0 Å². The molecule has 6 nitrogen and oxygen atoms in total. The van der Waals surface area contributed by atoms with Crippen LogP contribution < -0.4 is 10.9 Å². The second-order valence-electron chi connectivity index (χ2n) is 6.32. The van der Waals surface area contributed by atoms with Gasteiger partial charge in [-0.05, 0) is 38.4 Å². The highest BCUT2D eigenvalue weighted by atomic mass is 16.2. The van der Waals surface area contributed by atoms with Gasteiger partial charge in [-0.1, -0.05) is 12.1 Å². The van der Waals surface area contributed by atoms with E-state index in [9.17, 15) is 9.59 Å². The van der Waals surface area contributed by atoms with Crippen LogP contribution in [0.25, 0.3) is 10.9 Å². The fourth-order valence-corrected chi connectivity index (χ4v) is 3.42. The lowest BCUT2D eigenvalue weighted by atomic mass is 10.1. The fourth-order valence-electron chi connectivity index (χ4n) is 3.42. The molecule has 1 aliphatic rings. The number of benzene rings is 1. The van der Waals surface area contributed by atoms with E-state index in [1.54, 1.807) is 6.07 Å². The minimum atomic E-state index is -0.115. The number of H-pyrrole nitrogens is 1. The lowest BCUT2D eigenvalue weighted by Crippen LogP contribution is -2.40. The standard InChI is InChI=1S/C18H24N4O2/c1-19-12-13-6-5-11-22(13)17(23)10-4-9-16-20-15-8-3-2-7-14(15)18(24)21-16/h2-3,7-8,13,19H,4-6,9-12H2,1H3,(H,20,21,24). The molecular formula is C18H24N4O2. The summed E-state index contributed by atoms with van der Waals surface area (Å²) in [5, 5.41) is 3.76. The Bertz CT molecular complexity index is 771. The molecule has 1 aromatic heterocycles. The summed E-state index contributed by atoms with van der Waals surface area (Å²) < 4.78 is 0. The monoisotopic (exact) mass is 328 g/mol. The van der Waals surface area contributed by atoms with Crippen LogP contribution in [0.3, 0.4) is 0 Å². The smallest absolute Gasteiger partial charge is 0.258 e. The van der Waals surface area contributed by atoms with Crippen molar-refractivity contribution in [3.8, 4) is 0 Å². The summed E-state index contributed by atoms with van der Waals surface area (Å²) in [4.78, 5) is 33.7. The van der Waals surface area contributed by atoms with Gasteiger partial charge in [0.1, 0.15) is 5.82 Å². The number of carbonyl (C=O) groups is 1. The molecule has 3 rings (SSSR count). The minimum absolute atomic E-state index is 0.115. The fraction of sp³-hybridized carbons (Fsp3) is 0.500. The molecule has 2 aromatic rings. The van der Waals surface area contributed by atoms with Gasteiger partial charge in [-0.3, -0.25) is 9.59 Å². The number of likely N-dealkylation sites (tertiary alicyclic amines) is 1. The summed E-state index contributed by atoms with van der Waals surface area (Å²) in [6, 6.07) is 7.63. The molecule has 0 saturated carbocycles. The number of hydrogen-bond donors (Lipinski definition) is 2. The Balaban J connectivity index is 1.58. The van der Waals surface area contributed by atoms with Gasteiger partial charge in [0, 0.05) is 32.0 Å².